The van der Waals surface area contributed by atoms with Gasteiger partial charge in [-0.2, -0.15) is 0 Å². The van der Waals surface area contributed by atoms with Crippen LogP contribution in [0.1, 0.15) is 24.2 Å². The van der Waals surface area contributed by atoms with Crippen molar-refractivity contribution in [3.8, 4) is 11.5 Å². The van der Waals surface area contributed by atoms with Crippen LogP contribution in [0.5, 0.6) is 11.5 Å². The lowest BCUT2D eigenvalue weighted by atomic mass is 10.1. The predicted octanol–water partition coefficient (Wildman–Crippen LogP) is 4.12. The van der Waals surface area contributed by atoms with Crippen LogP contribution in [0.4, 0.5) is 0 Å². The van der Waals surface area contributed by atoms with E-state index < -0.39 is 0 Å². The molecule has 19 heavy (non-hydrogen) atoms. The second kappa shape index (κ2) is 6.04. The summed E-state index contributed by atoms with van der Waals surface area (Å²) >= 11 is 6.26. The molecule has 0 radical (unpaired) electrons. The van der Waals surface area contributed by atoms with Gasteiger partial charge in [-0.3, -0.25) is 4.98 Å². The number of ether oxygens (including phenoxy) is 1. The highest BCUT2D eigenvalue weighted by Crippen LogP contribution is 2.29. The Morgan fingerprint density at radius 2 is 1.95 bits per heavy atom. The molecule has 1 atom stereocenters. The van der Waals surface area contributed by atoms with Crippen LogP contribution in [0.25, 0.3) is 0 Å². The third kappa shape index (κ3) is 3.46. The third-order valence-electron chi connectivity index (χ3n) is 2.99. The van der Waals surface area contributed by atoms with Gasteiger partial charge in [-0.1, -0.05) is 17.7 Å². The molecule has 1 aromatic carbocycles. The van der Waals surface area contributed by atoms with Crippen molar-refractivity contribution >= 4 is 11.6 Å². The molecule has 0 aliphatic carbocycles. The lowest BCUT2D eigenvalue weighted by molar-refractivity contribution is 0.479. The maximum absolute atomic E-state index is 6.26. The number of nitrogens with zero attached hydrogens (tertiary/aromatic N) is 1. The molecule has 0 saturated carbocycles. The van der Waals surface area contributed by atoms with Crippen LogP contribution >= 0.6 is 11.6 Å². The fraction of sp³-hybridized carbons (Fsp3) is 0.267. The molecule has 1 N–H and O–H groups in total. The predicted molar refractivity (Wildman–Crippen MR) is 78.0 cm³/mol. The summed E-state index contributed by atoms with van der Waals surface area (Å²) in [6.07, 6.45) is 1.70. The van der Waals surface area contributed by atoms with Crippen molar-refractivity contribution in [1.82, 2.24) is 10.3 Å². The lowest BCUT2D eigenvalue weighted by Gasteiger charge is -2.14. The zero-order valence-corrected chi connectivity index (χ0v) is 12.0. The molecule has 0 spiro atoms. The Balaban J connectivity index is 2.18. The first-order valence-electron chi connectivity index (χ1n) is 6.17. The van der Waals surface area contributed by atoms with Crippen LogP contribution in [-0.4, -0.2) is 12.0 Å². The highest BCUT2D eigenvalue weighted by Gasteiger charge is 2.09. The average molecular weight is 277 g/mol. The van der Waals surface area contributed by atoms with Crippen molar-refractivity contribution in [3.63, 3.8) is 0 Å². The summed E-state index contributed by atoms with van der Waals surface area (Å²) in [6.45, 7) is 4.00. The minimum Gasteiger partial charge on any atom is -0.456 e. The van der Waals surface area contributed by atoms with Crippen molar-refractivity contribution in [1.29, 1.82) is 0 Å². The van der Waals surface area contributed by atoms with E-state index in [2.05, 4.69) is 17.2 Å². The molecule has 0 aliphatic rings. The van der Waals surface area contributed by atoms with Gasteiger partial charge >= 0.3 is 0 Å². The summed E-state index contributed by atoms with van der Waals surface area (Å²) < 4.78 is 5.72. The first kappa shape index (κ1) is 13.8. The van der Waals surface area contributed by atoms with E-state index in [1.807, 2.05) is 44.3 Å². The van der Waals surface area contributed by atoms with Crippen LogP contribution in [0.15, 0.2) is 36.5 Å². The Bertz CT molecular complexity index is 555. The number of halogens is 1. The number of hydrogen-bond donors (Lipinski definition) is 1. The molecule has 100 valence electrons. The summed E-state index contributed by atoms with van der Waals surface area (Å²) in [4.78, 5) is 4.19. The zero-order valence-electron chi connectivity index (χ0n) is 11.3. The van der Waals surface area contributed by atoms with Crippen molar-refractivity contribution in [2.24, 2.45) is 0 Å². The van der Waals surface area contributed by atoms with Gasteiger partial charge in [0, 0.05) is 16.8 Å². The van der Waals surface area contributed by atoms with E-state index in [1.54, 1.807) is 6.20 Å². The standard InChI is InChI=1S/C15H17ClN2O/c1-10-4-5-13(9-18-10)19-12-6-7-14(11(2)17-3)15(16)8-12/h4-9,11,17H,1-3H3. The summed E-state index contributed by atoms with van der Waals surface area (Å²) in [5.74, 6) is 1.42. The molecule has 1 aromatic heterocycles. The Labute approximate surface area is 118 Å². The molecular weight excluding hydrogens is 260 g/mol. The summed E-state index contributed by atoms with van der Waals surface area (Å²) in [5.41, 5.74) is 2.02. The lowest BCUT2D eigenvalue weighted by Crippen LogP contribution is -2.12. The normalized spacial score (nSPS) is 12.2. The number of aromatic nitrogens is 1. The number of aryl methyl sites for hydroxylation is 1. The van der Waals surface area contributed by atoms with E-state index in [0.29, 0.717) is 16.5 Å². The minimum atomic E-state index is 0.211. The number of hydrogen-bond acceptors (Lipinski definition) is 3. The molecule has 0 amide bonds. The van der Waals surface area contributed by atoms with Crippen LogP contribution in [0.3, 0.4) is 0 Å². The SMILES string of the molecule is CNC(C)c1ccc(Oc2ccc(C)nc2)cc1Cl. The van der Waals surface area contributed by atoms with Crippen LogP contribution in [0, 0.1) is 6.92 Å². The van der Waals surface area contributed by atoms with Crippen molar-refractivity contribution in [2.75, 3.05) is 7.05 Å². The third-order valence-corrected chi connectivity index (χ3v) is 3.32. The maximum atomic E-state index is 6.26. The van der Waals surface area contributed by atoms with Gasteiger partial charge < -0.3 is 10.1 Å². The molecule has 1 unspecified atom stereocenters. The van der Waals surface area contributed by atoms with Gasteiger partial charge in [0.1, 0.15) is 11.5 Å². The quantitative estimate of drug-likeness (QED) is 0.912. The Morgan fingerprint density at radius 3 is 2.53 bits per heavy atom. The molecule has 0 aliphatic heterocycles. The smallest absolute Gasteiger partial charge is 0.145 e. The molecule has 2 aromatic rings. The Morgan fingerprint density at radius 1 is 1.21 bits per heavy atom. The second-order valence-electron chi connectivity index (χ2n) is 4.43. The second-order valence-corrected chi connectivity index (χ2v) is 4.84. The van der Waals surface area contributed by atoms with E-state index in [9.17, 15) is 0 Å². The van der Waals surface area contributed by atoms with E-state index in [0.717, 1.165) is 11.3 Å². The Hall–Kier alpha value is -1.58. The monoisotopic (exact) mass is 276 g/mol. The number of benzene rings is 1. The summed E-state index contributed by atoms with van der Waals surface area (Å²) in [5, 5.41) is 3.86. The molecule has 0 fully saturated rings. The van der Waals surface area contributed by atoms with Crippen LogP contribution in [0.2, 0.25) is 5.02 Å². The Kier molecular flexibility index (Phi) is 4.40. The van der Waals surface area contributed by atoms with Gasteiger partial charge in [0.05, 0.1) is 6.20 Å². The van der Waals surface area contributed by atoms with E-state index >= 15 is 0 Å². The number of nitrogens with one attached hydrogen (secondary N) is 1. The molecule has 4 heteroatoms. The molecule has 3 nitrogen and oxygen atoms in total. The van der Waals surface area contributed by atoms with E-state index in [4.69, 9.17) is 16.3 Å². The zero-order chi connectivity index (χ0) is 13.8. The minimum absolute atomic E-state index is 0.211. The van der Waals surface area contributed by atoms with Crippen molar-refractivity contribution < 1.29 is 4.74 Å². The van der Waals surface area contributed by atoms with Gasteiger partial charge in [0.2, 0.25) is 0 Å². The fourth-order valence-corrected chi connectivity index (χ4v) is 2.06. The highest BCUT2D eigenvalue weighted by molar-refractivity contribution is 6.31. The number of pyridine rings is 1. The first-order valence-corrected chi connectivity index (χ1v) is 6.55. The fourth-order valence-electron chi connectivity index (χ4n) is 1.73. The molecule has 0 bridgehead atoms. The molecular formula is C15H17ClN2O. The number of rotatable bonds is 4. The van der Waals surface area contributed by atoms with Gasteiger partial charge in [-0.05, 0) is 50.7 Å². The first-order chi connectivity index (χ1) is 9.10. The topological polar surface area (TPSA) is 34.1 Å². The molecule has 0 saturated heterocycles. The van der Waals surface area contributed by atoms with Gasteiger partial charge in [-0.25, -0.2) is 0 Å². The largest absolute Gasteiger partial charge is 0.456 e. The van der Waals surface area contributed by atoms with Gasteiger partial charge in [-0.15, -0.1) is 0 Å². The van der Waals surface area contributed by atoms with Crippen molar-refractivity contribution in [3.05, 3.63) is 52.8 Å². The summed E-state index contributed by atoms with van der Waals surface area (Å²) in [6, 6.07) is 9.72. The van der Waals surface area contributed by atoms with Crippen LogP contribution < -0.4 is 10.1 Å². The van der Waals surface area contributed by atoms with E-state index in [-0.39, 0.29) is 6.04 Å². The van der Waals surface area contributed by atoms with Gasteiger partial charge in [0.15, 0.2) is 0 Å². The van der Waals surface area contributed by atoms with Gasteiger partial charge in [0.25, 0.3) is 0 Å². The molecule has 2 rings (SSSR count). The average Bonchev–Trinajstić information content (AvgIpc) is 2.41. The maximum Gasteiger partial charge on any atom is 0.145 e. The molecule has 1 heterocycles. The van der Waals surface area contributed by atoms with Crippen molar-refractivity contribution in [2.45, 2.75) is 19.9 Å². The van der Waals surface area contributed by atoms with E-state index in [1.165, 1.54) is 0 Å². The van der Waals surface area contributed by atoms with Crippen LogP contribution in [-0.2, 0) is 0 Å². The summed E-state index contributed by atoms with van der Waals surface area (Å²) in [7, 11) is 1.91. The highest BCUT2D eigenvalue weighted by atomic mass is 35.5.